The molecule has 8 nitrogen and oxygen atoms in total. The molecule has 0 aliphatic heterocycles. The fraction of sp³-hybridized carbons (Fsp3) is 0.333. The van der Waals surface area contributed by atoms with Gasteiger partial charge in [-0.3, -0.25) is 0 Å². The van der Waals surface area contributed by atoms with Gasteiger partial charge in [0, 0.05) is 33.2 Å². The van der Waals surface area contributed by atoms with E-state index in [0.29, 0.717) is 27.6 Å². The Morgan fingerprint density at radius 3 is 1.84 bits per heavy atom. The van der Waals surface area contributed by atoms with Gasteiger partial charge < -0.3 is 40.2 Å². The van der Waals surface area contributed by atoms with Crippen LogP contribution in [0.3, 0.4) is 0 Å². The van der Waals surface area contributed by atoms with Gasteiger partial charge in [0.25, 0.3) is 0 Å². The van der Waals surface area contributed by atoms with E-state index in [0.717, 1.165) is 0 Å². The van der Waals surface area contributed by atoms with Crippen molar-refractivity contribution in [2.45, 2.75) is 59.0 Å². The lowest BCUT2D eigenvalue weighted by Crippen LogP contribution is -2.47. The van der Waals surface area contributed by atoms with E-state index in [9.17, 15) is 40.2 Å². The number of fused-ring (bicyclic) bond motifs is 2. The maximum absolute atomic E-state index is 12.3. The molecule has 3 aromatic carbocycles. The molecule has 1 aliphatic rings. The number of carbonyl (C=O) groups is 2. The average molecular weight is 521 g/mol. The van der Waals surface area contributed by atoms with Crippen LogP contribution in [0.1, 0.15) is 61.4 Å². The van der Waals surface area contributed by atoms with Crippen molar-refractivity contribution in [1.29, 1.82) is 0 Å². The summed E-state index contributed by atoms with van der Waals surface area (Å²) in [5.74, 6) is -2.50. The number of phenolic OH excluding ortho intramolecular Hbond substituents is 4. The van der Waals surface area contributed by atoms with E-state index in [4.69, 9.17) is 0 Å². The van der Waals surface area contributed by atoms with Crippen LogP contribution in [0.4, 0.5) is 0 Å². The Labute approximate surface area is 220 Å². The molecule has 0 saturated carbocycles. The molecule has 0 bridgehead atoms. The van der Waals surface area contributed by atoms with Crippen LogP contribution in [0.25, 0.3) is 27.5 Å². The van der Waals surface area contributed by atoms with Crippen molar-refractivity contribution in [2.75, 3.05) is 0 Å². The smallest absolute Gasteiger partial charge is 0.161 e. The number of hydrogen-bond donors (Lipinski definition) is 6. The molecule has 0 aromatic heterocycles. The fourth-order valence-electron chi connectivity index (χ4n) is 5.85. The van der Waals surface area contributed by atoms with Gasteiger partial charge >= 0.3 is 0 Å². The van der Waals surface area contributed by atoms with E-state index in [1.54, 1.807) is 39.8 Å². The Morgan fingerprint density at radius 2 is 1.32 bits per heavy atom. The lowest BCUT2D eigenvalue weighted by Gasteiger charge is -2.38. The predicted molar refractivity (Wildman–Crippen MR) is 144 cm³/mol. The monoisotopic (exact) mass is 520 g/mol. The highest BCUT2D eigenvalue weighted by atomic mass is 16.3. The van der Waals surface area contributed by atoms with E-state index in [-0.39, 0.29) is 63.5 Å². The molecule has 8 heteroatoms. The van der Waals surface area contributed by atoms with E-state index >= 15 is 0 Å². The van der Waals surface area contributed by atoms with E-state index < -0.39 is 28.8 Å². The summed E-state index contributed by atoms with van der Waals surface area (Å²) in [7, 11) is 0. The summed E-state index contributed by atoms with van der Waals surface area (Å²) in [6, 6.07) is 4.58. The quantitative estimate of drug-likeness (QED) is 0.156. The number of phenols is 4. The van der Waals surface area contributed by atoms with Crippen molar-refractivity contribution in [3.8, 4) is 34.1 Å². The van der Waals surface area contributed by atoms with Crippen LogP contribution in [-0.2, 0) is 15.0 Å². The predicted octanol–water partition coefficient (Wildman–Crippen LogP) is 5.00. The molecule has 0 amide bonds. The molecule has 1 aliphatic carbocycles. The number of allylic oxidation sites excluding steroid dienone is 1. The minimum Gasteiger partial charge on any atom is -0.509 e. The molecule has 0 fully saturated rings. The molecule has 1 unspecified atom stereocenters. The second kappa shape index (κ2) is 9.06. The Bertz CT molecular complexity index is 1540. The van der Waals surface area contributed by atoms with Gasteiger partial charge in [-0.2, -0.15) is 0 Å². The zero-order valence-electron chi connectivity index (χ0n) is 22.1. The third kappa shape index (κ3) is 3.47. The molecular weight excluding hydrogens is 488 g/mol. The molecule has 4 rings (SSSR count). The SMILES string of the molecule is Cc1cc2c(c(O)c1-c1c(C)cc3c(C(C)C)c(O)c(O)cc3c1O)C(C=O)(C=O)C(O)C(O)=C2C(C)C. The van der Waals surface area contributed by atoms with Crippen molar-refractivity contribution in [3.05, 3.63) is 51.8 Å². The second-order valence-corrected chi connectivity index (χ2v) is 10.7. The highest BCUT2D eigenvalue weighted by molar-refractivity contribution is 6.05. The molecule has 200 valence electrons. The lowest BCUT2D eigenvalue weighted by atomic mass is 9.66. The minimum absolute atomic E-state index is 0.129. The van der Waals surface area contributed by atoms with Crippen LogP contribution in [0, 0.1) is 19.8 Å². The van der Waals surface area contributed by atoms with Crippen LogP contribution in [0.5, 0.6) is 23.0 Å². The van der Waals surface area contributed by atoms with E-state index in [1.165, 1.54) is 6.07 Å². The van der Waals surface area contributed by atoms with E-state index in [1.807, 2.05) is 13.8 Å². The molecule has 38 heavy (non-hydrogen) atoms. The lowest BCUT2D eigenvalue weighted by molar-refractivity contribution is -0.126. The molecule has 0 heterocycles. The number of aromatic hydroxyl groups is 4. The first-order valence-electron chi connectivity index (χ1n) is 12.4. The van der Waals surface area contributed by atoms with Crippen molar-refractivity contribution >= 4 is 28.9 Å². The zero-order chi connectivity index (χ0) is 28.4. The first kappa shape index (κ1) is 27.0. The number of aliphatic hydroxyl groups is 2. The van der Waals surface area contributed by atoms with Gasteiger partial charge in [-0.05, 0) is 53.8 Å². The molecule has 6 N–H and O–H groups in total. The van der Waals surface area contributed by atoms with Gasteiger partial charge in [0.05, 0.1) is 0 Å². The molecule has 1 atom stereocenters. The third-order valence-corrected chi connectivity index (χ3v) is 7.61. The van der Waals surface area contributed by atoms with Crippen LogP contribution in [-0.4, -0.2) is 49.3 Å². The van der Waals surface area contributed by atoms with Gasteiger partial charge in [-0.15, -0.1) is 0 Å². The highest BCUT2D eigenvalue weighted by Crippen LogP contribution is 2.54. The van der Waals surface area contributed by atoms with Crippen molar-refractivity contribution in [1.82, 2.24) is 0 Å². The van der Waals surface area contributed by atoms with Crippen LogP contribution >= 0.6 is 0 Å². The summed E-state index contributed by atoms with van der Waals surface area (Å²) in [5.41, 5.74) is -0.138. The van der Waals surface area contributed by atoms with Crippen LogP contribution in [0.15, 0.2) is 24.0 Å². The summed E-state index contributed by atoms with van der Waals surface area (Å²) < 4.78 is 0. The van der Waals surface area contributed by atoms with Crippen molar-refractivity contribution in [3.63, 3.8) is 0 Å². The minimum atomic E-state index is -2.28. The number of hydrogen-bond acceptors (Lipinski definition) is 8. The highest BCUT2D eigenvalue weighted by Gasteiger charge is 2.51. The Morgan fingerprint density at radius 1 is 0.763 bits per heavy atom. The summed E-state index contributed by atoms with van der Waals surface area (Å²) >= 11 is 0. The summed E-state index contributed by atoms with van der Waals surface area (Å²) in [6.45, 7) is 10.6. The second-order valence-electron chi connectivity index (χ2n) is 10.7. The van der Waals surface area contributed by atoms with Crippen LogP contribution in [0.2, 0.25) is 0 Å². The van der Waals surface area contributed by atoms with E-state index in [2.05, 4.69) is 0 Å². The Balaban J connectivity index is 2.19. The van der Waals surface area contributed by atoms with Crippen molar-refractivity contribution in [2.24, 2.45) is 5.92 Å². The molecular formula is C30H32O8. The first-order valence-corrected chi connectivity index (χ1v) is 12.4. The zero-order valence-corrected chi connectivity index (χ0v) is 22.1. The maximum Gasteiger partial charge on any atom is 0.161 e. The summed E-state index contributed by atoms with van der Waals surface area (Å²) in [5, 5.41) is 66.5. The van der Waals surface area contributed by atoms with Gasteiger partial charge in [-0.25, -0.2) is 0 Å². The van der Waals surface area contributed by atoms with Gasteiger partial charge in [0.1, 0.15) is 41.3 Å². The summed E-state index contributed by atoms with van der Waals surface area (Å²) in [4.78, 5) is 24.7. The Hall–Kier alpha value is -4.04. The number of aldehydes is 2. The van der Waals surface area contributed by atoms with Crippen LogP contribution < -0.4 is 0 Å². The van der Waals surface area contributed by atoms with Gasteiger partial charge in [-0.1, -0.05) is 39.8 Å². The topological polar surface area (TPSA) is 156 Å². The molecule has 0 spiro atoms. The van der Waals surface area contributed by atoms with Gasteiger partial charge in [0.15, 0.2) is 11.5 Å². The van der Waals surface area contributed by atoms with Gasteiger partial charge in [0.2, 0.25) is 0 Å². The molecule has 3 aromatic rings. The number of rotatable bonds is 5. The first-order chi connectivity index (χ1) is 17.7. The maximum atomic E-state index is 12.3. The largest absolute Gasteiger partial charge is 0.509 e. The fourth-order valence-corrected chi connectivity index (χ4v) is 5.85. The van der Waals surface area contributed by atoms with Crippen molar-refractivity contribution < 1.29 is 40.2 Å². The number of aliphatic hydroxyl groups excluding tert-OH is 2. The average Bonchev–Trinajstić information content (AvgIpc) is 2.83. The third-order valence-electron chi connectivity index (χ3n) is 7.61. The Kier molecular flexibility index (Phi) is 6.44. The normalized spacial score (nSPS) is 16.8. The number of benzene rings is 3. The standard InChI is InChI=1S/C30H32O8/c1-12(2)20-16-7-14(5)22(25(34)17(16)9-19(33)26(20)35)23-15(6)8-18-21(13(3)4)28(37)29(38)30(10-31,11-32)24(18)27(23)36/h7-13,29,33-38H,1-6H3. The number of carbonyl (C=O) groups excluding carboxylic acids is 2. The molecule has 0 saturated heterocycles. The number of aryl methyl sites for hydroxylation is 2. The molecule has 0 radical (unpaired) electrons. The summed E-state index contributed by atoms with van der Waals surface area (Å²) in [6.07, 6.45) is -1.50.